The number of nitrogen functional groups attached to an aromatic ring is 1. The summed E-state index contributed by atoms with van der Waals surface area (Å²) in [6.07, 6.45) is 0. The topological polar surface area (TPSA) is 63.0 Å². The second-order valence-corrected chi connectivity index (χ2v) is 4.65. The molecule has 4 nitrogen and oxygen atoms in total. The summed E-state index contributed by atoms with van der Waals surface area (Å²) in [5.74, 6) is 3.14. The number of rotatable bonds is 4. The van der Waals surface area contributed by atoms with Gasteiger partial charge in [-0.15, -0.1) is 0 Å². The molecule has 0 saturated carbocycles. The third-order valence-electron chi connectivity index (χ3n) is 2.77. The lowest BCUT2D eigenvalue weighted by Gasteiger charge is -2.16. The van der Waals surface area contributed by atoms with Crippen LogP contribution in [0.25, 0.3) is 0 Å². The Kier molecular flexibility index (Phi) is 4.36. The number of nitrogens with zero attached hydrogens (tertiary/aromatic N) is 1. The van der Waals surface area contributed by atoms with Gasteiger partial charge in [0, 0.05) is 11.1 Å². The van der Waals surface area contributed by atoms with Gasteiger partial charge in [-0.3, -0.25) is 0 Å². The molecule has 1 aromatic heterocycles. The Balaban J connectivity index is 2.25. The van der Waals surface area contributed by atoms with Crippen LogP contribution in [0.5, 0.6) is 0 Å². The molecule has 106 valence electrons. The molecule has 1 heterocycles. The van der Waals surface area contributed by atoms with Crippen LogP contribution in [0.2, 0.25) is 5.02 Å². The minimum absolute atomic E-state index is 0.0909. The van der Waals surface area contributed by atoms with Crippen molar-refractivity contribution in [3.05, 3.63) is 52.6 Å². The maximum absolute atomic E-state index is 13.7. The van der Waals surface area contributed by atoms with Crippen molar-refractivity contribution in [2.24, 2.45) is 5.84 Å². The average Bonchev–Trinajstić information content (AvgIpc) is 2.41. The summed E-state index contributed by atoms with van der Waals surface area (Å²) in [6, 6.07) is 7.58. The van der Waals surface area contributed by atoms with E-state index in [-0.39, 0.29) is 17.7 Å². The Labute approximate surface area is 119 Å². The molecule has 0 bridgehead atoms. The predicted octanol–water partition coefficient (Wildman–Crippen LogP) is 3.47. The van der Waals surface area contributed by atoms with Crippen LogP contribution in [0.1, 0.15) is 18.5 Å². The van der Waals surface area contributed by atoms with Gasteiger partial charge in [0.2, 0.25) is 0 Å². The van der Waals surface area contributed by atoms with Gasteiger partial charge < -0.3 is 10.7 Å². The zero-order valence-corrected chi connectivity index (χ0v) is 11.4. The largest absolute Gasteiger partial charge is 0.361 e. The van der Waals surface area contributed by atoms with Crippen molar-refractivity contribution in [2.75, 3.05) is 10.7 Å². The van der Waals surface area contributed by atoms with Gasteiger partial charge in [0.1, 0.15) is 0 Å². The smallest absolute Gasteiger partial charge is 0.178 e. The molecule has 2 rings (SSSR count). The van der Waals surface area contributed by atoms with Crippen LogP contribution in [0.15, 0.2) is 30.3 Å². The summed E-state index contributed by atoms with van der Waals surface area (Å²) in [5.41, 5.74) is 2.92. The van der Waals surface area contributed by atoms with E-state index in [1.807, 2.05) is 13.0 Å². The number of anilines is 2. The molecular weight excluding hydrogens is 286 g/mol. The van der Waals surface area contributed by atoms with Crippen LogP contribution in [-0.4, -0.2) is 4.98 Å². The molecule has 0 aliphatic carbocycles. The van der Waals surface area contributed by atoms with Crippen molar-refractivity contribution >= 4 is 23.2 Å². The summed E-state index contributed by atoms with van der Waals surface area (Å²) in [7, 11) is 0. The lowest BCUT2D eigenvalue weighted by atomic mass is 10.1. The van der Waals surface area contributed by atoms with Gasteiger partial charge in [-0.05, 0) is 24.6 Å². The van der Waals surface area contributed by atoms with E-state index in [0.29, 0.717) is 5.02 Å². The number of hydrogen-bond donors (Lipinski definition) is 3. The molecule has 7 heteroatoms. The van der Waals surface area contributed by atoms with Crippen molar-refractivity contribution in [3.8, 4) is 0 Å². The summed E-state index contributed by atoms with van der Waals surface area (Å²) >= 11 is 5.90. The molecule has 1 atom stereocenters. The minimum atomic E-state index is -0.856. The SMILES string of the molecule is CC(Nc1nc(NN)c(F)cc1F)c1cccc(Cl)c1. The average molecular weight is 299 g/mol. The van der Waals surface area contributed by atoms with Crippen LogP contribution in [0, 0.1) is 11.6 Å². The highest BCUT2D eigenvalue weighted by Gasteiger charge is 2.14. The Hall–Kier alpha value is -1.92. The van der Waals surface area contributed by atoms with Gasteiger partial charge in [-0.25, -0.2) is 19.6 Å². The van der Waals surface area contributed by atoms with Gasteiger partial charge in [0.05, 0.1) is 6.04 Å². The number of halogens is 3. The summed E-state index contributed by atoms with van der Waals surface area (Å²) < 4.78 is 26.9. The maximum Gasteiger partial charge on any atom is 0.178 e. The fourth-order valence-corrected chi connectivity index (χ4v) is 1.93. The van der Waals surface area contributed by atoms with Gasteiger partial charge in [-0.1, -0.05) is 23.7 Å². The Morgan fingerprint density at radius 2 is 1.90 bits per heavy atom. The molecule has 0 aliphatic rings. The van der Waals surface area contributed by atoms with Crippen LogP contribution in [0.4, 0.5) is 20.4 Å². The zero-order valence-electron chi connectivity index (χ0n) is 10.6. The first-order valence-corrected chi connectivity index (χ1v) is 6.23. The second kappa shape index (κ2) is 6.02. The summed E-state index contributed by atoms with van der Waals surface area (Å²) in [4.78, 5) is 3.75. The first kappa shape index (κ1) is 14.5. The normalized spacial score (nSPS) is 12.1. The van der Waals surface area contributed by atoms with Crippen LogP contribution < -0.4 is 16.6 Å². The molecule has 1 aromatic carbocycles. The van der Waals surface area contributed by atoms with Gasteiger partial charge in [0.25, 0.3) is 0 Å². The molecule has 4 N–H and O–H groups in total. The van der Waals surface area contributed by atoms with Crippen molar-refractivity contribution < 1.29 is 8.78 Å². The van der Waals surface area contributed by atoms with Crippen molar-refractivity contribution in [2.45, 2.75) is 13.0 Å². The predicted molar refractivity (Wildman–Crippen MR) is 75.5 cm³/mol. The number of pyridine rings is 1. The fraction of sp³-hybridized carbons (Fsp3) is 0.154. The molecule has 1 unspecified atom stereocenters. The molecule has 0 aliphatic heterocycles. The minimum Gasteiger partial charge on any atom is -0.361 e. The number of nitrogens with one attached hydrogen (secondary N) is 2. The second-order valence-electron chi connectivity index (χ2n) is 4.21. The third kappa shape index (κ3) is 3.15. The molecule has 0 radical (unpaired) electrons. The van der Waals surface area contributed by atoms with E-state index in [1.165, 1.54) is 0 Å². The van der Waals surface area contributed by atoms with E-state index in [1.54, 1.807) is 18.2 Å². The van der Waals surface area contributed by atoms with Crippen molar-refractivity contribution in [3.63, 3.8) is 0 Å². The Morgan fingerprint density at radius 3 is 2.55 bits per heavy atom. The summed E-state index contributed by atoms with van der Waals surface area (Å²) in [5, 5.41) is 3.43. The molecular formula is C13H13ClF2N4. The number of nitrogens with two attached hydrogens (primary N) is 1. The molecule has 0 fully saturated rings. The lowest BCUT2D eigenvalue weighted by Crippen LogP contribution is -2.15. The third-order valence-corrected chi connectivity index (χ3v) is 3.00. The zero-order chi connectivity index (χ0) is 14.7. The van der Waals surface area contributed by atoms with E-state index in [9.17, 15) is 8.78 Å². The number of benzene rings is 1. The highest BCUT2D eigenvalue weighted by atomic mass is 35.5. The first-order valence-electron chi connectivity index (χ1n) is 5.86. The molecule has 0 spiro atoms. The van der Waals surface area contributed by atoms with E-state index in [0.717, 1.165) is 11.6 Å². The maximum atomic E-state index is 13.7. The van der Waals surface area contributed by atoms with Gasteiger partial charge in [0.15, 0.2) is 23.3 Å². The molecule has 0 amide bonds. The Bertz CT molecular complexity index is 621. The van der Waals surface area contributed by atoms with E-state index >= 15 is 0 Å². The monoisotopic (exact) mass is 298 g/mol. The van der Waals surface area contributed by atoms with Crippen LogP contribution >= 0.6 is 11.6 Å². The molecule has 20 heavy (non-hydrogen) atoms. The van der Waals surface area contributed by atoms with Crippen LogP contribution in [-0.2, 0) is 0 Å². The van der Waals surface area contributed by atoms with Crippen molar-refractivity contribution in [1.82, 2.24) is 4.98 Å². The standard InChI is InChI=1S/C13H13ClF2N4/c1-7(8-3-2-4-9(14)5-8)18-12-10(15)6-11(16)13(19-12)20-17/h2-7H,17H2,1H3,(H2,18,19,20). The Morgan fingerprint density at radius 1 is 1.20 bits per heavy atom. The van der Waals surface area contributed by atoms with E-state index in [4.69, 9.17) is 17.4 Å². The first-order chi connectivity index (χ1) is 9.51. The number of hydrazine groups is 1. The number of hydrogen-bond acceptors (Lipinski definition) is 4. The highest BCUT2D eigenvalue weighted by molar-refractivity contribution is 6.30. The highest BCUT2D eigenvalue weighted by Crippen LogP contribution is 2.24. The quantitative estimate of drug-likeness (QED) is 0.597. The molecule has 2 aromatic rings. The van der Waals surface area contributed by atoms with Gasteiger partial charge >= 0.3 is 0 Å². The van der Waals surface area contributed by atoms with Crippen molar-refractivity contribution in [1.29, 1.82) is 0 Å². The summed E-state index contributed by atoms with van der Waals surface area (Å²) in [6.45, 7) is 1.81. The van der Waals surface area contributed by atoms with E-state index < -0.39 is 11.6 Å². The lowest BCUT2D eigenvalue weighted by molar-refractivity contribution is 0.576. The van der Waals surface area contributed by atoms with Gasteiger partial charge in [-0.2, -0.15) is 0 Å². The number of aromatic nitrogens is 1. The van der Waals surface area contributed by atoms with E-state index in [2.05, 4.69) is 15.7 Å². The fourth-order valence-electron chi connectivity index (χ4n) is 1.73. The van der Waals surface area contributed by atoms with Crippen LogP contribution in [0.3, 0.4) is 0 Å². The molecule has 0 saturated heterocycles.